The topological polar surface area (TPSA) is 18.5 Å². The molecule has 0 fully saturated rings. The molecule has 0 radical (unpaired) electrons. The summed E-state index contributed by atoms with van der Waals surface area (Å²) in [5.74, 6) is 1.13. The van der Waals surface area contributed by atoms with Gasteiger partial charge in [0, 0.05) is 25.5 Å². The van der Waals surface area contributed by atoms with Crippen molar-refractivity contribution in [3.05, 3.63) is 0 Å². The number of halogens is 1. The van der Waals surface area contributed by atoms with E-state index in [0.29, 0.717) is 11.8 Å². The highest BCUT2D eigenvalue weighted by Gasteiger charge is 2.17. The molecular formula is C9H19BrO2. The van der Waals surface area contributed by atoms with Gasteiger partial charge in [0.05, 0.1) is 0 Å². The lowest BCUT2D eigenvalue weighted by molar-refractivity contribution is -0.136. The Labute approximate surface area is 83.8 Å². The largest absolute Gasteiger partial charge is 0.356 e. The summed E-state index contributed by atoms with van der Waals surface area (Å²) in [5, 5.41) is 1.04. The molecule has 74 valence electrons. The van der Waals surface area contributed by atoms with E-state index in [4.69, 9.17) is 9.47 Å². The standard InChI is InChI=1S/C9H19BrO2/c1-7(6-10)5-8(2)9(11-3)12-4/h7-9H,5-6H2,1-4H3. The summed E-state index contributed by atoms with van der Waals surface area (Å²) < 4.78 is 10.3. The second-order valence-corrected chi connectivity index (χ2v) is 3.96. The average molecular weight is 239 g/mol. The summed E-state index contributed by atoms with van der Waals surface area (Å²) in [6.45, 7) is 4.37. The van der Waals surface area contributed by atoms with E-state index in [1.165, 1.54) is 0 Å². The minimum absolute atomic E-state index is 0.0634. The maximum atomic E-state index is 5.17. The summed E-state index contributed by atoms with van der Waals surface area (Å²) in [4.78, 5) is 0. The van der Waals surface area contributed by atoms with Gasteiger partial charge in [0.25, 0.3) is 0 Å². The molecule has 2 unspecified atom stereocenters. The lowest BCUT2D eigenvalue weighted by Gasteiger charge is -2.22. The first-order valence-corrected chi connectivity index (χ1v) is 5.39. The van der Waals surface area contributed by atoms with Crippen molar-refractivity contribution in [1.29, 1.82) is 0 Å². The maximum absolute atomic E-state index is 5.17. The van der Waals surface area contributed by atoms with Crippen LogP contribution < -0.4 is 0 Å². The van der Waals surface area contributed by atoms with Crippen LogP contribution in [0.25, 0.3) is 0 Å². The Balaban J connectivity index is 3.75. The summed E-state index contributed by atoms with van der Waals surface area (Å²) in [7, 11) is 3.37. The number of ether oxygens (including phenoxy) is 2. The van der Waals surface area contributed by atoms with Gasteiger partial charge in [-0.25, -0.2) is 0 Å². The molecule has 0 bridgehead atoms. The van der Waals surface area contributed by atoms with Crippen molar-refractivity contribution in [2.75, 3.05) is 19.5 Å². The minimum Gasteiger partial charge on any atom is -0.356 e. The lowest BCUT2D eigenvalue weighted by Crippen LogP contribution is -2.24. The summed E-state index contributed by atoms with van der Waals surface area (Å²) in [6, 6.07) is 0. The van der Waals surface area contributed by atoms with Crippen molar-refractivity contribution in [1.82, 2.24) is 0 Å². The van der Waals surface area contributed by atoms with Crippen molar-refractivity contribution in [2.24, 2.45) is 11.8 Å². The molecule has 12 heavy (non-hydrogen) atoms. The van der Waals surface area contributed by atoms with E-state index in [1.54, 1.807) is 14.2 Å². The van der Waals surface area contributed by atoms with Crippen molar-refractivity contribution < 1.29 is 9.47 Å². The Morgan fingerprint density at radius 2 is 1.67 bits per heavy atom. The molecule has 0 aromatic rings. The first-order valence-electron chi connectivity index (χ1n) is 4.27. The fourth-order valence-corrected chi connectivity index (χ4v) is 1.63. The molecule has 2 atom stereocenters. The fourth-order valence-electron chi connectivity index (χ4n) is 1.37. The minimum atomic E-state index is -0.0634. The van der Waals surface area contributed by atoms with E-state index in [1.807, 2.05) is 0 Å². The average Bonchev–Trinajstić information content (AvgIpc) is 2.06. The van der Waals surface area contributed by atoms with Gasteiger partial charge in [0.15, 0.2) is 6.29 Å². The van der Waals surface area contributed by atoms with Crippen LogP contribution in [0.15, 0.2) is 0 Å². The van der Waals surface area contributed by atoms with E-state index >= 15 is 0 Å². The van der Waals surface area contributed by atoms with Crippen LogP contribution in [-0.2, 0) is 9.47 Å². The highest BCUT2D eigenvalue weighted by Crippen LogP contribution is 2.18. The van der Waals surface area contributed by atoms with Crippen LogP contribution in [0.5, 0.6) is 0 Å². The van der Waals surface area contributed by atoms with Crippen LogP contribution in [-0.4, -0.2) is 25.8 Å². The predicted molar refractivity (Wildman–Crippen MR) is 54.5 cm³/mol. The normalized spacial score (nSPS) is 16.5. The summed E-state index contributed by atoms with van der Waals surface area (Å²) >= 11 is 3.45. The highest BCUT2D eigenvalue weighted by molar-refractivity contribution is 9.09. The Kier molecular flexibility index (Phi) is 7.10. The van der Waals surface area contributed by atoms with Gasteiger partial charge in [-0.3, -0.25) is 0 Å². The van der Waals surface area contributed by atoms with E-state index in [9.17, 15) is 0 Å². The number of hydrogen-bond donors (Lipinski definition) is 0. The third kappa shape index (κ3) is 4.43. The van der Waals surface area contributed by atoms with Gasteiger partial charge in [-0.05, 0) is 12.3 Å². The quantitative estimate of drug-likeness (QED) is 0.524. The van der Waals surface area contributed by atoms with E-state index in [-0.39, 0.29) is 6.29 Å². The van der Waals surface area contributed by atoms with E-state index in [2.05, 4.69) is 29.8 Å². The predicted octanol–water partition coefficient (Wildman–Crippen LogP) is 2.66. The molecule has 0 aromatic heterocycles. The Bertz CT molecular complexity index is 105. The molecule has 3 heteroatoms. The van der Waals surface area contributed by atoms with Crippen LogP contribution >= 0.6 is 15.9 Å². The third-order valence-corrected chi connectivity index (χ3v) is 3.07. The highest BCUT2D eigenvalue weighted by atomic mass is 79.9. The van der Waals surface area contributed by atoms with Gasteiger partial charge < -0.3 is 9.47 Å². The molecule has 0 aromatic carbocycles. The summed E-state index contributed by atoms with van der Waals surface area (Å²) in [5.41, 5.74) is 0. The Morgan fingerprint density at radius 1 is 1.17 bits per heavy atom. The van der Waals surface area contributed by atoms with Gasteiger partial charge in [-0.1, -0.05) is 29.8 Å². The molecule has 0 aliphatic carbocycles. The lowest BCUT2D eigenvalue weighted by atomic mass is 9.98. The van der Waals surface area contributed by atoms with Crippen molar-refractivity contribution >= 4 is 15.9 Å². The second-order valence-electron chi connectivity index (χ2n) is 3.31. The van der Waals surface area contributed by atoms with Gasteiger partial charge in [-0.15, -0.1) is 0 Å². The van der Waals surface area contributed by atoms with Crippen molar-refractivity contribution in [3.63, 3.8) is 0 Å². The van der Waals surface area contributed by atoms with Crippen LogP contribution in [0.4, 0.5) is 0 Å². The van der Waals surface area contributed by atoms with Crippen molar-refractivity contribution in [3.8, 4) is 0 Å². The zero-order valence-electron chi connectivity index (χ0n) is 8.34. The zero-order chi connectivity index (χ0) is 9.56. The SMILES string of the molecule is COC(OC)C(C)CC(C)CBr. The molecule has 0 saturated heterocycles. The second kappa shape index (κ2) is 6.87. The molecule has 0 amide bonds. The van der Waals surface area contributed by atoms with Crippen LogP contribution in [0.3, 0.4) is 0 Å². The van der Waals surface area contributed by atoms with Crippen LogP contribution in [0.1, 0.15) is 20.3 Å². The van der Waals surface area contributed by atoms with Gasteiger partial charge >= 0.3 is 0 Å². The Hall–Kier alpha value is 0.400. The molecule has 0 N–H and O–H groups in total. The van der Waals surface area contributed by atoms with Crippen molar-refractivity contribution in [2.45, 2.75) is 26.6 Å². The van der Waals surface area contributed by atoms with E-state index in [0.717, 1.165) is 11.8 Å². The van der Waals surface area contributed by atoms with Gasteiger partial charge in [0.2, 0.25) is 0 Å². The molecule has 0 spiro atoms. The van der Waals surface area contributed by atoms with Gasteiger partial charge in [-0.2, -0.15) is 0 Å². The number of alkyl halides is 1. The van der Waals surface area contributed by atoms with Crippen LogP contribution in [0.2, 0.25) is 0 Å². The first-order chi connectivity index (χ1) is 5.65. The maximum Gasteiger partial charge on any atom is 0.159 e. The van der Waals surface area contributed by atoms with Crippen LogP contribution in [0, 0.1) is 11.8 Å². The van der Waals surface area contributed by atoms with Gasteiger partial charge in [0.1, 0.15) is 0 Å². The Morgan fingerprint density at radius 3 is 2.00 bits per heavy atom. The fraction of sp³-hybridized carbons (Fsp3) is 1.00. The molecule has 0 aliphatic heterocycles. The third-order valence-electron chi connectivity index (χ3n) is 1.97. The zero-order valence-corrected chi connectivity index (χ0v) is 9.93. The number of hydrogen-bond acceptors (Lipinski definition) is 2. The molecule has 0 heterocycles. The molecule has 2 nitrogen and oxygen atoms in total. The smallest absolute Gasteiger partial charge is 0.159 e. The first kappa shape index (κ1) is 12.4. The van der Waals surface area contributed by atoms with E-state index < -0.39 is 0 Å². The number of rotatable bonds is 6. The molecule has 0 rings (SSSR count). The number of methoxy groups -OCH3 is 2. The monoisotopic (exact) mass is 238 g/mol. The molecule has 0 saturated carbocycles. The molecule has 0 aliphatic rings. The summed E-state index contributed by atoms with van der Waals surface area (Å²) in [6.07, 6.45) is 1.06. The molecular weight excluding hydrogens is 220 g/mol.